The minimum Gasteiger partial charge on any atom is -0.465 e. The molecule has 3 aromatic carbocycles. The van der Waals surface area contributed by atoms with E-state index in [9.17, 15) is 38.1 Å². The van der Waals surface area contributed by atoms with E-state index >= 15 is 0 Å². The molecule has 3 aromatic rings. The molecular formula is C25H16F3N3O6. The number of benzene rings is 3. The highest BCUT2D eigenvalue weighted by Gasteiger charge is 2.33. The van der Waals surface area contributed by atoms with Gasteiger partial charge in [0.1, 0.15) is 17.4 Å². The van der Waals surface area contributed by atoms with Gasteiger partial charge in [0.25, 0.3) is 5.91 Å². The summed E-state index contributed by atoms with van der Waals surface area (Å²) >= 11 is 0. The first-order chi connectivity index (χ1) is 17.5. The topological polar surface area (TPSA) is 132 Å². The molecular weight excluding hydrogens is 495 g/mol. The highest BCUT2D eigenvalue weighted by Crippen LogP contribution is 2.38. The van der Waals surface area contributed by atoms with Crippen LogP contribution in [0.25, 0.3) is 6.08 Å². The van der Waals surface area contributed by atoms with E-state index in [1.54, 1.807) is 6.07 Å². The van der Waals surface area contributed by atoms with Gasteiger partial charge < -0.3 is 14.8 Å². The fourth-order valence-corrected chi connectivity index (χ4v) is 3.04. The molecule has 0 heterocycles. The molecule has 0 aromatic heterocycles. The lowest BCUT2D eigenvalue weighted by Gasteiger charge is -2.10. The number of amides is 1. The molecule has 1 N–H and O–H groups in total. The van der Waals surface area contributed by atoms with Crippen molar-refractivity contribution in [1.29, 1.82) is 5.26 Å². The van der Waals surface area contributed by atoms with Gasteiger partial charge in [-0.05, 0) is 60.2 Å². The van der Waals surface area contributed by atoms with Crippen molar-refractivity contribution < 1.29 is 37.2 Å². The normalized spacial score (nSPS) is 11.3. The Kier molecular flexibility index (Phi) is 7.89. The van der Waals surface area contributed by atoms with E-state index in [0.717, 1.165) is 6.07 Å². The van der Waals surface area contributed by atoms with E-state index in [1.807, 2.05) is 0 Å². The van der Waals surface area contributed by atoms with E-state index in [-0.39, 0.29) is 16.9 Å². The number of halogens is 3. The summed E-state index contributed by atoms with van der Waals surface area (Å²) in [6.45, 7) is 0. The predicted octanol–water partition coefficient (Wildman–Crippen LogP) is 5.74. The minimum absolute atomic E-state index is 0.0210. The Morgan fingerprint density at radius 1 is 1.08 bits per heavy atom. The second-order valence-corrected chi connectivity index (χ2v) is 7.30. The Balaban J connectivity index is 1.81. The molecule has 0 fully saturated rings. The number of anilines is 1. The number of carbonyl (C=O) groups excluding carboxylic acids is 2. The lowest BCUT2D eigenvalue weighted by atomic mass is 10.1. The average Bonchev–Trinajstić information content (AvgIpc) is 2.86. The fraction of sp³-hybridized carbons (Fsp3) is 0.0800. The summed E-state index contributed by atoms with van der Waals surface area (Å²) in [5, 5.41) is 23.2. The van der Waals surface area contributed by atoms with Crippen molar-refractivity contribution in [3.05, 3.63) is 99.1 Å². The third-order valence-corrected chi connectivity index (χ3v) is 4.81. The van der Waals surface area contributed by atoms with Crippen LogP contribution in [0.3, 0.4) is 0 Å². The number of nitrogens with one attached hydrogen (secondary N) is 1. The zero-order valence-corrected chi connectivity index (χ0v) is 18.9. The van der Waals surface area contributed by atoms with Crippen molar-refractivity contribution in [1.82, 2.24) is 0 Å². The number of rotatable bonds is 7. The zero-order valence-electron chi connectivity index (χ0n) is 18.9. The molecule has 1 amide bonds. The molecule has 0 aliphatic heterocycles. The van der Waals surface area contributed by atoms with Gasteiger partial charge in [-0.2, -0.15) is 18.4 Å². The van der Waals surface area contributed by atoms with Crippen molar-refractivity contribution in [2.45, 2.75) is 6.18 Å². The number of methoxy groups -OCH3 is 1. The van der Waals surface area contributed by atoms with Gasteiger partial charge in [-0.1, -0.05) is 12.1 Å². The number of ether oxygens (including phenoxy) is 2. The van der Waals surface area contributed by atoms with Crippen LogP contribution in [0.5, 0.6) is 11.5 Å². The Bertz CT molecular complexity index is 1430. The standard InChI is InChI=1S/C25H16F3N3O6/c1-36-24(33)16-5-8-19(9-6-16)30-23(32)17(14-29)11-15-3-2-4-20(12-15)37-22-10-7-18(25(26,27)28)13-21(22)31(34)35/h2-13H,1H3,(H,30,32)/b17-11-. The Morgan fingerprint density at radius 3 is 2.38 bits per heavy atom. The number of nitro groups is 1. The van der Waals surface area contributed by atoms with Crippen LogP contribution in [-0.4, -0.2) is 23.9 Å². The monoisotopic (exact) mass is 511 g/mol. The largest absolute Gasteiger partial charge is 0.465 e. The first-order valence-electron chi connectivity index (χ1n) is 10.3. The maximum atomic E-state index is 12.9. The third-order valence-electron chi connectivity index (χ3n) is 4.81. The number of nitriles is 1. The van der Waals surface area contributed by atoms with Gasteiger partial charge in [0.05, 0.1) is 23.2 Å². The molecule has 0 atom stereocenters. The molecule has 0 spiro atoms. The number of nitrogens with zero attached hydrogens (tertiary/aromatic N) is 2. The molecule has 0 radical (unpaired) electrons. The molecule has 0 aliphatic rings. The molecule has 0 bridgehead atoms. The smallest absolute Gasteiger partial charge is 0.416 e. The van der Waals surface area contributed by atoms with Crippen LogP contribution in [0.15, 0.2) is 72.3 Å². The first-order valence-corrected chi connectivity index (χ1v) is 10.3. The van der Waals surface area contributed by atoms with Gasteiger partial charge in [-0.3, -0.25) is 14.9 Å². The highest BCUT2D eigenvalue weighted by molar-refractivity contribution is 6.09. The first kappa shape index (κ1) is 26.4. The minimum atomic E-state index is -4.77. The molecule has 3 rings (SSSR count). The van der Waals surface area contributed by atoms with Crippen molar-refractivity contribution in [3.8, 4) is 17.6 Å². The van der Waals surface area contributed by atoms with Gasteiger partial charge in [-0.15, -0.1) is 0 Å². The molecule has 0 unspecified atom stereocenters. The lowest BCUT2D eigenvalue weighted by molar-refractivity contribution is -0.385. The van der Waals surface area contributed by atoms with Crippen LogP contribution in [0.4, 0.5) is 24.5 Å². The maximum Gasteiger partial charge on any atom is 0.416 e. The van der Waals surface area contributed by atoms with E-state index < -0.39 is 40.0 Å². The van der Waals surface area contributed by atoms with E-state index in [4.69, 9.17) is 4.74 Å². The number of esters is 1. The summed E-state index contributed by atoms with van der Waals surface area (Å²) in [4.78, 5) is 34.3. The van der Waals surface area contributed by atoms with Crippen LogP contribution in [0, 0.1) is 21.4 Å². The zero-order chi connectivity index (χ0) is 27.2. The number of nitro benzene ring substituents is 1. The predicted molar refractivity (Wildman–Crippen MR) is 125 cm³/mol. The Morgan fingerprint density at radius 2 is 1.78 bits per heavy atom. The summed E-state index contributed by atoms with van der Waals surface area (Å²) in [5.41, 5.74) is -1.50. The molecule has 37 heavy (non-hydrogen) atoms. The summed E-state index contributed by atoms with van der Waals surface area (Å²) in [6, 6.07) is 15.1. The summed E-state index contributed by atoms with van der Waals surface area (Å²) in [5.74, 6) is -1.71. The van der Waals surface area contributed by atoms with Crippen LogP contribution in [0.2, 0.25) is 0 Å². The van der Waals surface area contributed by atoms with Crippen molar-refractivity contribution in [3.63, 3.8) is 0 Å². The Hall–Kier alpha value is -5.18. The highest BCUT2D eigenvalue weighted by atomic mass is 19.4. The van der Waals surface area contributed by atoms with E-state index in [1.165, 1.54) is 61.7 Å². The number of carbonyl (C=O) groups is 2. The van der Waals surface area contributed by atoms with Crippen molar-refractivity contribution in [2.75, 3.05) is 12.4 Å². The summed E-state index contributed by atoms with van der Waals surface area (Å²) < 4.78 is 48.8. The van der Waals surface area contributed by atoms with Crippen molar-refractivity contribution >= 4 is 29.3 Å². The molecule has 9 nitrogen and oxygen atoms in total. The molecule has 188 valence electrons. The molecule has 12 heteroatoms. The van der Waals surface area contributed by atoms with Gasteiger partial charge in [0.15, 0.2) is 0 Å². The SMILES string of the molecule is COC(=O)c1ccc(NC(=O)/C(C#N)=C\c2cccc(Oc3ccc(C(F)(F)F)cc3[N+](=O)[O-])c2)cc1. The summed E-state index contributed by atoms with van der Waals surface area (Å²) in [6.07, 6.45) is -3.54. The molecule has 0 aliphatic carbocycles. The Labute approximate surface area is 207 Å². The fourth-order valence-electron chi connectivity index (χ4n) is 3.04. The number of hydrogen-bond donors (Lipinski definition) is 1. The van der Waals surface area contributed by atoms with Gasteiger partial charge in [0, 0.05) is 11.8 Å². The van der Waals surface area contributed by atoms with Crippen molar-refractivity contribution in [2.24, 2.45) is 0 Å². The third kappa shape index (κ3) is 6.70. The summed E-state index contributed by atoms with van der Waals surface area (Å²) in [7, 11) is 1.23. The quantitative estimate of drug-likeness (QED) is 0.141. The maximum absolute atomic E-state index is 12.9. The average molecular weight is 511 g/mol. The second-order valence-electron chi connectivity index (χ2n) is 7.30. The van der Waals surface area contributed by atoms with Crippen LogP contribution < -0.4 is 10.1 Å². The van der Waals surface area contributed by atoms with Gasteiger partial charge in [0.2, 0.25) is 5.75 Å². The van der Waals surface area contributed by atoms with E-state index in [0.29, 0.717) is 23.4 Å². The lowest BCUT2D eigenvalue weighted by Crippen LogP contribution is -2.13. The van der Waals surface area contributed by atoms with Crippen LogP contribution in [-0.2, 0) is 15.7 Å². The number of alkyl halides is 3. The number of hydrogen-bond acceptors (Lipinski definition) is 7. The van der Waals surface area contributed by atoms with Gasteiger partial charge in [-0.25, -0.2) is 4.79 Å². The van der Waals surface area contributed by atoms with Crippen LogP contribution in [0.1, 0.15) is 21.5 Å². The van der Waals surface area contributed by atoms with Crippen LogP contribution >= 0.6 is 0 Å². The second kappa shape index (κ2) is 11.0. The van der Waals surface area contributed by atoms with E-state index in [2.05, 4.69) is 10.1 Å². The molecule has 0 saturated carbocycles. The molecule has 0 saturated heterocycles. The van der Waals surface area contributed by atoms with Gasteiger partial charge >= 0.3 is 17.8 Å².